The van der Waals surface area contributed by atoms with Gasteiger partial charge in [0.25, 0.3) is 0 Å². The Kier molecular flexibility index (Phi) is 6.28. The third-order valence-electron chi connectivity index (χ3n) is 3.41. The number of anilines is 1. The molecule has 2 aromatic rings. The topological polar surface area (TPSA) is 79.8 Å². The molecule has 0 aliphatic rings. The molecule has 0 aliphatic carbocycles. The van der Waals surface area contributed by atoms with Crippen molar-refractivity contribution < 1.29 is 19.4 Å². The third-order valence-corrected chi connectivity index (χ3v) is 3.71. The number of benzene rings is 2. The molecule has 0 fully saturated rings. The van der Waals surface area contributed by atoms with E-state index in [1.165, 1.54) is 20.3 Å². The van der Waals surface area contributed by atoms with Gasteiger partial charge in [0, 0.05) is 6.07 Å². The van der Waals surface area contributed by atoms with Crippen molar-refractivity contribution >= 4 is 23.3 Å². The molecule has 7 heteroatoms. The summed E-state index contributed by atoms with van der Waals surface area (Å²) in [5.41, 5.74) is 1.19. The van der Waals surface area contributed by atoms with E-state index in [0.717, 1.165) is 5.56 Å². The van der Waals surface area contributed by atoms with Crippen LogP contribution in [0, 0.1) is 0 Å². The highest BCUT2D eigenvalue weighted by molar-refractivity contribution is 6.32. The fourth-order valence-corrected chi connectivity index (χ4v) is 2.43. The maximum absolute atomic E-state index is 12.2. The summed E-state index contributed by atoms with van der Waals surface area (Å²) in [6.07, 6.45) is 0. The predicted molar refractivity (Wildman–Crippen MR) is 93.0 cm³/mol. The Balaban J connectivity index is 2.13. The molecule has 0 unspecified atom stereocenters. The molecule has 0 saturated carbocycles. The summed E-state index contributed by atoms with van der Waals surface area (Å²) in [6.45, 7) is -0.224. The SMILES string of the molecule is COc1cc(OC)c(NC(=O)N[C@H](CO)c2ccccc2)cc1Cl. The van der Waals surface area contributed by atoms with Crippen LogP contribution in [0.5, 0.6) is 11.5 Å². The molecule has 6 nitrogen and oxygen atoms in total. The second-order valence-electron chi connectivity index (χ2n) is 4.93. The van der Waals surface area contributed by atoms with Crippen molar-refractivity contribution in [1.29, 1.82) is 0 Å². The average molecular weight is 351 g/mol. The van der Waals surface area contributed by atoms with Crippen LogP contribution in [0.25, 0.3) is 0 Å². The molecule has 2 amide bonds. The number of carbonyl (C=O) groups is 1. The quantitative estimate of drug-likeness (QED) is 0.747. The molecular weight excluding hydrogens is 332 g/mol. The second kappa shape index (κ2) is 8.42. The van der Waals surface area contributed by atoms with Gasteiger partial charge in [0.05, 0.1) is 37.6 Å². The fraction of sp³-hybridized carbons (Fsp3) is 0.235. The molecule has 1 atom stereocenters. The first kappa shape index (κ1) is 17.9. The number of amides is 2. The third kappa shape index (κ3) is 4.31. The maximum atomic E-state index is 12.2. The van der Waals surface area contributed by atoms with Gasteiger partial charge in [-0.1, -0.05) is 41.9 Å². The highest BCUT2D eigenvalue weighted by Crippen LogP contribution is 2.35. The molecule has 0 spiro atoms. The van der Waals surface area contributed by atoms with Crippen LogP contribution in [0.15, 0.2) is 42.5 Å². The number of aliphatic hydroxyl groups excluding tert-OH is 1. The molecule has 0 aromatic heterocycles. The van der Waals surface area contributed by atoms with E-state index in [-0.39, 0.29) is 6.61 Å². The van der Waals surface area contributed by atoms with Gasteiger partial charge in [0.1, 0.15) is 11.5 Å². The Labute approximate surface area is 145 Å². The van der Waals surface area contributed by atoms with Gasteiger partial charge >= 0.3 is 6.03 Å². The molecule has 0 bridgehead atoms. The monoisotopic (exact) mass is 350 g/mol. The van der Waals surface area contributed by atoms with Crippen LogP contribution in [0.2, 0.25) is 5.02 Å². The summed E-state index contributed by atoms with van der Waals surface area (Å²) in [7, 11) is 2.97. The van der Waals surface area contributed by atoms with Crippen LogP contribution >= 0.6 is 11.6 Å². The van der Waals surface area contributed by atoms with E-state index in [4.69, 9.17) is 21.1 Å². The number of hydrogen-bond donors (Lipinski definition) is 3. The minimum absolute atomic E-state index is 0.224. The second-order valence-corrected chi connectivity index (χ2v) is 5.34. The largest absolute Gasteiger partial charge is 0.495 e. The molecule has 3 N–H and O–H groups in total. The molecule has 2 aromatic carbocycles. The number of rotatable bonds is 6. The molecule has 24 heavy (non-hydrogen) atoms. The van der Waals surface area contributed by atoms with E-state index in [2.05, 4.69) is 10.6 Å². The van der Waals surface area contributed by atoms with E-state index < -0.39 is 12.1 Å². The van der Waals surface area contributed by atoms with Crippen molar-refractivity contribution in [1.82, 2.24) is 5.32 Å². The van der Waals surface area contributed by atoms with Crippen molar-refractivity contribution in [3.05, 3.63) is 53.1 Å². The zero-order chi connectivity index (χ0) is 17.5. The van der Waals surface area contributed by atoms with E-state index in [1.54, 1.807) is 6.07 Å². The number of methoxy groups -OCH3 is 2. The smallest absolute Gasteiger partial charge is 0.319 e. The first-order valence-electron chi connectivity index (χ1n) is 7.24. The highest BCUT2D eigenvalue weighted by atomic mass is 35.5. The summed E-state index contributed by atoms with van der Waals surface area (Å²) in [5.74, 6) is 0.851. The van der Waals surface area contributed by atoms with E-state index in [9.17, 15) is 9.90 Å². The average Bonchev–Trinajstić information content (AvgIpc) is 2.60. The number of halogens is 1. The zero-order valence-corrected chi connectivity index (χ0v) is 14.1. The summed E-state index contributed by atoms with van der Waals surface area (Å²) < 4.78 is 10.3. The Morgan fingerprint density at radius 2 is 1.83 bits per heavy atom. The first-order chi connectivity index (χ1) is 11.6. The molecule has 2 rings (SSSR count). The van der Waals surface area contributed by atoms with Crippen molar-refractivity contribution in [2.24, 2.45) is 0 Å². The van der Waals surface area contributed by atoms with Crippen LogP contribution in [-0.4, -0.2) is 32.0 Å². The molecule has 0 aliphatic heterocycles. The van der Waals surface area contributed by atoms with Gasteiger partial charge in [0.2, 0.25) is 0 Å². The number of aliphatic hydroxyl groups is 1. The summed E-state index contributed by atoms with van der Waals surface area (Å²) in [5, 5.41) is 15.2. The number of ether oxygens (including phenoxy) is 2. The van der Waals surface area contributed by atoms with E-state index in [1.807, 2.05) is 30.3 Å². The van der Waals surface area contributed by atoms with Gasteiger partial charge in [-0.25, -0.2) is 4.79 Å². The van der Waals surface area contributed by atoms with Crippen LogP contribution in [0.1, 0.15) is 11.6 Å². The Hall–Kier alpha value is -2.44. The van der Waals surface area contributed by atoms with Crippen molar-refractivity contribution in [3.8, 4) is 11.5 Å². The van der Waals surface area contributed by atoms with E-state index in [0.29, 0.717) is 22.2 Å². The lowest BCUT2D eigenvalue weighted by atomic mass is 10.1. The maximum Gasteiger partial charge on any atom is 0.319 e. The van der Waals surface area contributed by atoms with Gasteiger partial charge in [-0.05, 0) is 11.6 Å². The van der Waals surface area contributed by atoms with Crippen LogP contribution in [0.4, 0.5) is 10.5 Å². The van der Waals surface area contributed by atoms with Gasteiger partial charge in [-0.2, -0.15) is 0 Å². The molecule has 0 saturated heterocycles. The van der Waals surface area contributed by atoms with E-state index >= 15 is 0 Å². The standard InChI is InChI=1S/C17H19ClN2O4/c1-23-15-9-16(24-2)13(8-12(15)18)19-17(22)20-14(10-21)11-6-4-3-5-7-11/h3-9,14,21H,10H2,1-2H3,(H2,19,20,22)/t14-/m1/s1. The van der Waals surface area contributed by atoms with Crippen LogP contribution in [0.3, 0.4) is 0 Å². The molecule has 0 heterocycles. The lowest BCUT2D eigenvalue weighted by molar-refractivity contribution is 0.225. The number of urea groups is 1. The van der Waals surface area contributed by atoms with Crippen molar-refractivity contribution in [3.63, 3.8) is 0 Å². The lowest BCUT2D eigenvalue weighted by Gasteiger charge is -2.18. The molecular formula is C17H19ClN2O4. The first-order valence-corrected chi connectivity index (χ1v) is 7.61. The van der Waals surface area contributed by atoms with Crippen molar-refractivity contribution in [2.45, 2.75) is 6.04 Å². The lowest BCUT2D eigenvalue weighted by Crippen LogP contribution is -2.34. The Bertz CT molecular complexity index is 694. The van der Waals surface area contributed by atoms with Crippen molar-refractivity contribution in [2.75, 3.05) is 26.1 Å². The summed E-state index contributed by atoms with van der Waals surface area (Å²) in [4.78, 5) is 12.2. The normalized spacial score (nSPS) is 11.5. The zero-order valence-electron chi connectivity index (χ0n) is 13.4. The Morgan fingerprint density at radius 3 is 2.42 bits per heavy atom. The molecule has 0 radical (unpaired) electrons. The van der Waals surface area contributed by atoms with Gasteiger partial charge in [-0.3, -0.25) is 0 Å². The fourth-order valence-electron chi connectivity index (χ4n) is 2.19. The summed E-state index contributed by atoms with van der Waals surface area (Å²) in [6, 6.07) is 11.3. The number of nitrogens with one attached hydrogen (secondary N) is 2. The van der Waals surface area contributed by atoms with Gasteiger partial charge < -0.3 is 25.2 Å². The summed E-state index contributed by atoms with van der Waals surface area (Å²) >= 11 is 6.08. The van der Waals surface area contributed by atoms with Crippen LogP contribution < -0.4 is 20.1 Å². The Morgan fingerprint density at radius 1 is 1.17 bits per heavy atom. The highest BCUT2D eigenvalue weighted by Gasteiger charge is 2.16. The number of hydrogen-bond acceptors (Lipinski definition) is 4. The molecule has 128 valence electrons. The van der Waals surface area contributed by atoms with Gasteiger partial charge in [-0.15, -0.1) is 0 Å². The van der Waals surface area contributed by atoms with Crippen LogP contribution in [-0.2, 0) is 0 Å². The number of carbonyl (C=O) groups excluding carboxylic acids is 1. The van der Waals surface area contributed by atoms with Gasteiger partial charge in [0.15, 0.2) is 0 Å². The predicted octanol–water partition coefficient (Wildman–Crippen LogP) is 3.21. The minimum atomic E-state index is -0.522. The minimum Gasteiger partial charge on any atom is -0.495 e.